The Balaban J connectivity index is 2.19. The fourth-order valence-corrected chi connectivity index (χ4v) is 2.14. The summed E-state index contributed by atoms with van der Waals surface area (Å²) in [5, 5.41) is 0. The number of hydrogen-bond donors (Lipinski definition) is 1. The normalized spacial score (nSPS) is 11.1. The van der Waals surface area contributed by atoms with Crippen LogP contribution >= 0.6 is 0 Å². The highest BCUT2D eigenvalue weighted by Gasteiger charge is 2.22. The maximum absolute atomic E-state index is 10.7. The van der Waals surface area contributed by atoms with E-state index in [9.17, 15) is 4.79 Å². The minimum Gasteiger partial charge on any atom is -0.484 e. The van der Waals surface area contributed by atoms with E-state index in [0.717, 1.165) is 0 Å². The smallest absolute Gasteiger partial charge is 0.255 e. The van der Waals surface area contributed by atoms with Gasteiger partial charge in [-0.05, 0) is 23.3 Å². The predicted octanol–water partition coefficient (Wildman–Crippen LogP) is 2.88. The van der Waals surface area contributed by atoms with Gasteiger partial charge in [0.15, 0.2) is 6.61 Å². The molecule has 2 rings (SSSR count). The molecule has 104 valence electrons. The fourth-order valence-electron chi connectivity index (χ4n) is 2.14. The SMILES string of the molecule is CC(C)(c1ccccc1)c1ccc(OCC(N)=O)cc1. The number of primary amides is 1. The lowest BCUT2D eigenvalue weighted by Gasteiger charge is -2.26. The van der Waals surface area contributed by atoms with Crippen LogP contribution in [0.1, 0.15) is 25.0 Å². The maximum atomic E-state index is 10.7. The van der Waals surface area contributed by atoms with Crippen LogP contribution in [0.2, 0.25) is 0 Å². The second-order valence-electron chi connectivity index (χ2n) is 5.27. The van der Waals surface area contributed by atoms with E-state index in [2.05, 4.69) is 26.0 Å². The minimum absolute atomic E-state index is 0.0799. The number of rotatable bonds is 5. The van der Waals surface area contributed by atoms with Gasteiger partial charge in [-0.15, -0.1) is 0 Å². The van der Waals surface area contributed by atoms with Crippen molar-refractivity contribution in [2.24, 2.45) is 5.73 Å². The highest BCUT2D eigenvalue weighted by Crippen LogP contribution is 2.32. The van der Waals surface area contributed by atoms with Crippen molar-refractivity contribution in [1.82, 2.24) is 0 Å². The molecule has 0 saturated heterocycles. The quantitative estimate of drug-likeness (QED) is 0.907. The van der Waals surface area contributed by atoms with E-state index < -0.39 is 5.91 Å². The first-order valence-electron chi connectivity index (χ1n) is 6.57. The summed E-state index contributed by atoms with van der Waals surface area (Å²) in [6.45, 7) is 4.27. The van der Waals surface area contributed by atoms with Gasteiger partial charge in [0.1, 0.15) is 5.75 Å². The first-order chi connectivity index (χ1) is 9.50. The van der Waals surface area contributed by atoms with Crippen molar-refractivity contribution in [3.05, 3.63) is 65.7 Å². The average Bonchev–Trinajstić information content (AvgIpc) is 2.46. The van der Waals surface area contributed by atoms with Crippen LogP contribution in [-0.2, 0) is 10.2 Å². The van der Waals surface area contributed by atoms with Crippen LogP contribution < -0.4 is 10.5 Å². The van der Waals surface area contributed by atoms with E-state index in [1.165, 1.54) is 11.1 Å². The number of hydrogen-bond acceptors (Lipinski definition) is 2. The van der Waals surface area contributed by atoms with Crippen LogP contribution in [0.5, 0.6) is 5.75 Å². The summed E-state index contributed by atoms with van der Waals surface area (Å²) in [4.78, 5) is 10.7. The predicted molar refractivity (Wildman–Crippen MR) is 79.7 cm³/mol. The third kappa shape index (κ3) is 3.18. The molecular formula is C17H19NO2. The van der Waals surface area contributed by atoms with E-state index in [0.29, 0.717) is 5.75 Å². The fraction of sp³-hybridized carbons (Fsp3) is 0.235. The topological polar surface area (TPSA) is 52.3 Å². The number of carbonyl (C=O) groups is 1. The molecule has 0 bridgehead atoms. The first-order valence-corrected chi connectivity index (χ1v) is 6.57. The Hall–Kier alpha value is -2.29. The summed E-state index contributed by atoms with van der Waals surface area (Å²) in [6.07, 6.45) is 0. The second kappa shape index (κ2) is 5.78. The van der Waals surface area contributed by atoms with Crippen molar-refractivity contribution in [1.29, 1.82) is 0 Å². The summed E-state index contributed by atoms with van der Waals surface area (Å²) >= 11 is 0. The zero-order valence-electron chi connectivity index (χ0n) is 11.8. The molecule has 0 aliphatic rings. The Bertz CT molecular complexity index is 574. The molecule has 0 aliphatic carbocycles. The van der Waals surface area contributed by atoms with Gasteiger partial charge in [0.05, 0.1) is 0 Å². The molecule has 0 heterocycles. The Morgan fingerprint density at radius 1 is 1.00 bits per heavy atom. The lowest BCUT2D eigenvalue weighted by Crippen LogP contribution is -2.20. The standard InChI is InChI=1S/C17H19NO2/c1-17(2,13-6-4-3-5-7-13)14-8-10-15(11-9-14)20-12-16(18)19/h3-11H,12H2,1-2H3,(H2,18,19). The number of benzene rings is 2. The van der Waals surface area contributed by atoms with Gasteiger partial charge >= 0.3 is 0 Å². The van der Waals surface area contributed by atoms with E-state index >= 15 is 0 Å². The van der Waals surface area contributed by atoms with E-state index in [1.54, 1.807) is 0 Å². The summed E-state index contributed by atoms with van der Waals surface area (Å²) in [5.41, 5.74) is 7.42. The molecule has 3 nitrogen and oxygen atoms in total. The van der Waals surface area contributed by atoms with Crippen LogP contribution in [0.4, 0.5) is 0 Å². The third-order valence-corrected chi connectivity index (χ3v) is 3.45. The molecule has 20 heavy (non-hydrogen) atoms. The van der Waals surface area contributed by atoms with Crippen LogP contribution in [0.15, 0.2) is 54.6 Å². The van der Waals surface area contributed by atoms with Crippen LogP contribution in [0.3, 0.4) is 0 Å². The molecule has 0 radical (unpaired) electrons. The minimum atomic E-state index is -0.473. The molecule has 0 unspecified atom stereocenters. The molecule has 0 fully saturated rings. The van der Waals surface area contributed by atoms with Crippen molar-refractivity contribution < 1.29 is 9.53 Å². The van der Waals surface area contributed by atoms with E-state index in [-0.39, 0.29) is 12.0 Å². The Morgan fingerprint density at radius 3 is 2.10 bits per heavy atom. The van der Waals surface area contributed by atoms with Crippen molar-refractivity contribution in [2.45, 2.75) is 19.3 Å². The Labute approximate surface area is 119 Å². The molecule has 0 atom stereocenters. The molecule has 1 amide bonds. The number of amides is 1. The Morgan fingerprint density at radius 2 is 1.55 bits per heavy atom. The summed E-state index contributed by atoms with van der Waals surface area (Å²) in [5.74, 6) is 0.176. The van der Waals surface area contributed by atoms with Crippen molar-refractivity contribution in [3.63, 3.8) is 0 Å². The highest BCUT2D eigenvalue weighted by atomic mass is 16.5. The molecule has 3 heteroatoms. The van der Waals surface area contributed by atoms with Crippen LogP contribution in [-0.4, -0.2) is 12.5 Å². The second-order valence-corrected chi connectivity index (χ2v) is 5.27. The van der Waals surface area contributed by atoms with E-state index in [1.807, 2.05) is 42.5 Å². The maximum Gasteiger partial charge on any atom is 0.255 e. The largest absolute Gasteiger partial charge is 0.484 e. The number of nitrogens with two attached hydrogens (primary N) is 1. The summed E-state index contributed by atoms with van der Waals surface area (Å²) < 4.78 is 5.27. The van der Waals surface area contributed by atoms with Crippen LogP contribution in [0, 0.1) is 0 Å². The lowest BCUT2D eigenvalue weighted by atomic mass is 9.78. The van der Waals surface area contributed by atoms with Crippen molar-refractivity contribution in [3.8, 4) is 5.75 Å². The van der Waals surface area contributed by atoms with Gasteiger partial charge in [-0.1, -0.05) is 56.3 Å². The third-order valence-electron chi connectivity index (χ3n) is 3.45. The molecule has 0 saturated carbocycles. The Kier molecular flexibility index (Phi) is 4.08. The highest BCUT2D eigenvalue weighted by molar-refractivity contribution is 5.75. The van der Waals surface area contributed by atoms with Gasteiger partial charge in [0, 0.05) is 5.41 Å². The van der Waals surface area contributed by atoms with Gasteiger partial charge in [-0.25, -0.2) is 0 Å². The van der Waals surface area contributed by atoms with E-state index in [4.69, 9.17) is 10.5 Å². The van der Waals surface area contributed by atoms with Crippen LogP contribution in [0.25, 0.3) is 0 Å². The molecule has 2 N–H and O–H groups in total. The zero-order chi connectivity index (χ0) is 14.6. The molecule has 2 aromatic carbocycles. The van der Waals surface area contributed by atoms with Gasteiger partial charge in [0.2, 0.25) is 0 Å². The van der Waals surface area contributed by atoms with Crippen molar-refractivity contribution >= 4 is 5.91 Å². The number of carbonyl (C=O) groups excluding carboxylic acids is 1. The molecule has 2 aromatic rings. The molecule has 0 aliphatic heterocycles. The van der Waals surface area contributed by atoms with Crippen molar-refractivity contribution in [2.75, 3.05) is 6.61 Å². The van der Waals surface area contributed by atoms with Gasteiger partial charge in [-0.2, -0.15) is 0 Å². The molecule has 0 aromatic heterocycles. The van der Waals surface area contributed by atoms with Gasteiger partial charge in [-0.3, -0.25) is 4.79 Å². The zero-order valence-corrected chi connectivity index (χ0v) is 11.8. The summed E-state index contributed by atoms with van der Waals surface area (Å²) in [7, 11) is 0. The van der Waals surface area contributed by atoms with Gasteiger partial charge < -0.3 is 10.5 Å². The summed E-state index contributed by atoms with van der Waals surface area (Å²) in [6, 6.07) is 18.1. The lowest BCUT2D eigenvalue weighted by molar-refractivity contribution is -0.119. The number of ether oxygens (including phenoxy) is 1. The molecule has 0 spiro atoms. The van der Waals surface area contributed by atoms with Gasteiger partial charge in [0.25, 0.3) is 5.91 Å². The first kappa shape index (κ1) is 14.1. The average molecular weight is 269 g/mol. The monoisotopic (exact) mass is 269 g/mol. The molecular weight excluding hydrogens is 250 g/mol.